The van der Waals surface area contributed by atoms with Gasteiger partial charge in [-0.05, 0) is 83.1 Å². The maximum Gasteiger partial charge on any atom is 0.249 e. The molecule has 1 saturated carbocycles. The van der Waals surface area contributed by atoms with Crippen LogP contribution in [0.3, 0.4) is 0 Å². The molecule has 0 aromatic rings. The maximum atomic E-state index is 14.1. The molecule has 4 atom stereocenters. The van der Waals surface area contributed by atoms with E-state index >= 15 is 0 Å². The van der Waals surface area contributed by atoms with Crippen molar-refractivity contribution in [2.45, 2.75) is 150 Å². The second kappa shape index (κ2) is 16.4. The zero-order chi connectivity index (χ0) is 33.5. The first-order valence-corrected chi connectivity index (χ1v) is 17.7. The van der Waals surface area contributed by atoms with Gasteiger partial charge >= 0.3 is 0 Å². The minimum Gasteiger partial charge on any atom is -0.354 e. The van der Waals surface area contributed by atoms with Gasteiger partial charge in [0, 0.05) is 31.8 Å². The van der Waals surface area contributed by atoms with E-state index in [2.05, 4.69) is 29.4 Å². The van der Waals surface area contributed by atoms with Gasteiger partial charge in [-0.3, -0.25) is 24.1 Å². The standard InChI is InChI=1S/C36H63N5O4/c1-24(2)30(22-26(5)34(44)41-21-15-19-28(41)32(42)37-23-27-16-11-10-12-17-27)39(9)35(45)31(36(6,7)8)38-33(43)29-18-13-14-20-40(29)25(3)4/h22,24-25,27-31H,10-21,23H2,1-9H3,(H,37,42)(H,38,43)/b26-22+/t28-,29?,30?,31?/m0/s1. The van der Waals surface area contributed by atoms with Crippen molar-refractivity contribution < 1.29 is 19.2 Å². The monoisotopic (exact) mass is 629 g/mol. The Morgan fingerprint density at radius 3 is 2.07 bits per heavy atom. The zero-order valence-electron chi connectivity index (χ0n) is 29.8. The van der Waals surface area contributed by atoms with Crippen molar-refractivity contribution in [3.8, 4) is 0 Å². The summed E-state index contributed by atoms with van der Waals surface area (Å²) in [6, 6.07) is -1.51. The number of carbonyl (C=O) groups excluding carboxylic acids is 4. The molecule has 9 heteroatoms. The first-order chi connectivity index (χ1) is 21.1. The summed E-state index contributed by atoms with van der Waals surface area (Å²) in [5.74, 6) is 0.108. The molecule has 3 aliphatic rings. The molecule has 256 valence electrons. The van der Waals surface area contributed by atoms with Crippen LogP contribution in [-0.4, -0.2) is 95.2 Å². The van der Waals surface area contributed by atoms with Crippen molar-refractivity contribution in [2.24, 2.45) is 17.3 Å². The number of hydrogen-bond acceptors (Lipinski definition) is 5. The summed E-state index contributed by atoms with van der Waals surface area (Å²) in [6.07, 6.45) is 12.3. The smallest absolute Gasteiger partial charge is 0.249 e. The lowest BCUT2D eigenvalue weighted by atomic mass is 9.84. The molecule has 0 spiro atoms. The second-order valence-electron chi connectivity index (χ2n) is 15.6. The molecule has 0 bridgehead atoms. The van der Waals surface area contributed by atoms with Crippen LogP contribution in [-0.2, 0) is 19.2 Å². The summed E-state index contributed by atoms with van der Waals surface area (Å²) in [5.41, 5.74) is 0.0220. The molecule has 4 amide bonds. The SMILES string of the molecule is C/C(=C\C(C(C)C)N(C)C(=O)C(NC(=O)C1CCCCN1C(C)C)C(C)(C)C)C(=O)N1CCC[C@H]1C(=O)NCC1CCCCC1. The van der Waals surface area contributed by atoms with Gasteiger partial charge in [0.15, 0.2) is 0 Å². The number of carbonyl (C=O) groups is 4. The zero-order valence-corrected chi connectivity index (χ0v) is 29.8. The highest BCUT2D eigenvalue weighted by atomic mass is 16.2. The van der Waals surface area contributed by atoms with Crippen molar-refractivity contribution in [1.29, 1.82) is 0 Å². The molecule has 2 heterocycles. The predicted molar refractivity (Wildman–Crippen MR) is 180 cm³/mol. The van der Waals surface area contributed by atoms with Crippen LogP contribution in [0.15, 0.2) is 11.6 Å². The van der Waals surface area contributed by atoms with E-state index in [1.54, 1.807) is 23.8 Å². The van der Waals surface area contributed by atoms with Crippen molar-refractivity contribution >= 4 is 23.6 Å². The van der Waals surface area contributed by atoms with Gasteiger partial charge in [0.1, 0.15) is 12.1 Å². The quantitative estimate of drug-likeness (QED) is 0.317. The van der Waals surface area contributed by atoms with Crippen molar-refractivity contribution in [1.82, 2.24) is 25.3 Å². The molecule has 3 rings (SSSR count). The van der Waals surface area contributed by atoms with E-state index in [0.29, 0.717) is 31.0 Å². The van der Waals surface area contributed by atoms with Gasteiger partial charge in [0.2, 0.25) is 23.6 Å². The molecule has 0 radical (unpaired) electrons. The highest BCUT2D eigenvalue weighted by Gasteiger charge is 2.40. The van der Waals surface area contributed by atoms with E-state index in [4.69, 9.17) is 0 Å². The summed E-state index contributed by atoms with van der Waals surface area (Å²) in [6.45, 7) is 18.2. The maximum absolute atomic E-state index is 14.1. The molecule has 0 aromatic heterocycles. The Hall–Kier alpha value is -2.42. The number of likely N-dealkylation sites (tertiary alicyclic amines) is 2. The molecule has 9 nitrogen and oxygen atoms in total. The molecule has 1 aliphatic carbocycles. The second-order valence-corrected chi connectivity index (χ2v) is 15.6. The fourth-order valence-electron chi connectivity index (χ4n) is 7.43. The van der Waals surface area contributed by atoms with Crippen molar-refractivity contribution in [3.63, 3.8) is 0 Å². The van der Waals surface area contributed by atoms with Crippen LogP contribution in [0.25, 0.3) is 0 Å². The van der Waals surface area contributed by atoms with Gasteiger partial charge in [0.05, 0.1) is 12.1 Å². The molecular formula is C36H63N5O4. The van der Waals surface area contributed by atoms with E-state index in [0.717, 1.165) is 45.1 Å². The third kappa shape index (κ3) is 9.79. The predicted octanol–water partition coefficient (Wildman–Crippen LogP) is 4.90. The number of likely N-dealkylation sites (N-methyl/N-ethyl adjacent to an activating group) is 1. The number of amides is 4. The Kier molecular flexibility index (Phi) is 13.5. The Bertz CT molecular complexity index is 1060. The van der Waals surface area contributed by atoms with E-state index in [1.807, 2.05) is 40.7 Å². The van der Waals surface area contributed by atoms with E-state index in [-0.39, 0.29) is 47.7 Å². The van der Waals surface area contributed by atoms with Gasteiger partial charge in [-0.2, -0.15) is 0 Å². The van der Waals surface area contributed by atoms with Gasteiger partial charge in [-0.1, -0.05) is 66.4 Å². The number of piperidine rings is 1. The third-order valence-corrected chi connectivity index (χ3v) is 10.3. The Balaban J connectivity index is 1.72. The van der Waals surface area contributed by atoms with Crippen LogP contribution in [0.4, 0.5) is 0 Å². The van der Waals surface area contributed by atoms with Crippen LogP contribution < -0.4 is 10.6 Å². The minimum absolute atomic E-state index is 0.0287. The topological polar surface area (TPSA) is 102 Å². The average Bonchev–Trinajstić information content (AvgIpc) is 3.50. The lowest BCUT2D eigenvalue weighted by Crippen LogP contribution is -2.60. The van der Waals surface area contributed by atoms with Crippen LogP contribution in [0.1, 0.15) is 120 Å². The number of nitrogens with zero attached hydrogens (tertiary/aromatic N) is 3. The molecule has 0 aromatic carbocycles. The number of rotatable bonds is 11. The van der Waals surface area contributed by atoms with Crippen LogP contribution in [0.2, 0.25) is 0 Å². The number of hydrogen-bond donors (Lipinski definition) is 2. The van der Waals surface area contributed by atoms with Gasteiger partial charge in [-0.25, -0.2) is 0 Å². The molecule has 2 saturated heterocycles. The van der Waals surface area contributed by atoms with Gasteiger partial charge in [-0.15, -0.1) is 0 Å². The molecule has 2 N–H and O–H groups in total. The fourth-order valence-corrected chi connectivity index (χ4v) is 7.43. The summed E-state index contributed by atoms with van der Waals surface area (Å²) < 4.78 is 0. The first-order valence-electron chi connectivity index (χ1n) is 17.7. The van der Waals surface area contributed by atoms with Crippen LogP contribution >= 0.6 is 0 Å². The molecule has 3 unspecified atom stereocenters. The summed E-state index contributed by atoms with van der Waals surface area (Å²) in [7, 11) is 1.77. The fraction of sp³-hybridized carbons (Fsp3) is 0.833. The van der Waals surface area contributed by atoms with Crippen LogP contribution in [0.5, 0.6) is 0 Å². The highest BCUT2D eigenvalue weighted by Crippen LogP contribution is 2.27. The Morgan fingerprint density at radius 2 is 1.47 bits per heavy atom. The summed E-state index contributed by atoms with van der Waals surface area (Å²) in [5, 5.41) is 6.29. The summed E-state index contributed by atoms with van der Waals surface area (Å²) in [4.78, 5) is 60.3. The Morgan fingerprint density at radius 1 is 0.844 bits per heavy atom. The largest absolute Gasteiger partial charge is 0.354 e. The minimum atomic E-state index is -0.715. The van der Waals surface area contributed by atoms with Crippen molar-refractivity contribution in [3.05, 3.63) is 11.6 Å². The average molecular weight is 630 g/mol. The molecular weight excluding hydrogens is 566 g/mol. The lowest BCUT2D eigenvalue weighted by Gasteiger charge is -2.41. The van der Waals surface area contributed by atoms with Gasteiger partial charge in [0.25, 0.3) is 0 Å². The molecule has 45 heavy (non-hydrogen) atoms. The van der Waals surface area contributed by atoms with Crippen LogP contribution in [0, 0.1) is 17.3 Å². The first kappa shape index (κ1) is 37.0. The highest BCUT2D eigenvalue weighted by molar-refractivity contribution is 5.97. The van der Waals surface area contributed by atoms with Gasteiger partial charge < -0.3 is 20.4 Å². The third-order valence-electron chi connectivity index (χ3n) is 10.3. The molecule has 2 aliphatic heterocycles. The molecule has 3 fully saturated rings. The van der Waals surface area contributed by atoms with E-state index in [1.165, 1.54) is 19.3 Å². The Labute approximate surface area is 273 Å². The lowest BCUT2D eigenvalue weighted by molar-refractivity contribution is -0.142. The normalized spacial score (nSPS) is 23.6. The summed E-state index contributed by atoms with van der Waals surface area (Å²) >= 11 is 0. The number of nitrogens with one attached hydrogen (secondary N) is 2. The van der Waals surface area contributed by atoms with E-state index < -0.39 is 17.5 Å². The van der Waals surface area contributed by atoms with Crippen molar-refractivity contribution in [2.75, 3.05) is 26.7 Å². The van der Waals surface area contributed by atoms with E-state index in [9.17, 15) is 19.2 Å².